The summed E-state index contributed by atoms with van der Waals surface area (Å²) in [6, 6.07) is 0. The minimum Gasteiger partial charge on any atom is -0.378 e. The van der Waals surface area contributed by atoms with E-state index in [4.69, 9.17) is 10.5 Å². The molecule has 2 atom stereocenters. The van der Waals surface area contributed by atoms with Gasteiger partial charge in [-0.15, -0.1) is 12.4 Å². The zero-order valence-corrected chi connectivity index (χ0v) is 16.4. The van der Waals surface area contributed by atoms with E-state index in [-0.39, 0.29) is 29.8 Å². The SMILES string of the molecule is CCOC1CC(N)(C(=O)NCCCCCCC(C)C)C1(C)C.Cl. The molecule has 1 aliphatic rings. The maximum absolute atomic E-state index is 12.4. The van der Waals surface area contributed by atoms with Crippen molar-refractivity contribution >= 4 is 18.3 Å². The van der Waals surface area contributed by atoms with Crippen LogP contribution in [0.5, 0.6) is 0 Å². The van der Waals surface area contributed by atoms with Crippen LogP contribution in [0.3, 0.4) is 0 Å². The van der Waals surface area contributed by atoms with Gasteiger partial charge in [-0.05, 0) is 19.3 Å². The Bertz CT molecular complexity index is 361. The van der Waals surface area contributed by atoms with Gasteiger partial charge in [-0.2, -0.15) is 0 Å². The first-order chi connectivity index (χ1) is 10.3. The monoisotopic (exact) mass is 348 g/mol. The van der Waals surface area contributed by atoms with Gasteiger partial charge >= 0.3 is 0 Å². The maximum atomic E-state index is 12.4. The number of nitrogens with two attached hydrogens (primary N) is 1. The van der Waals surface area contributed by atoms with Crippen LogP contribution in [0, 0.1) is 11.3 Å². The summed E-state index contributed by atoms with van der Waals surface area (Å²) < 4.78 is 5.67. The second kappa shape index (κ2) is 9.85. The van der Waals surface area contributed by atoms with E-state index < -0.39 is 5.54 Å². The Kier molecular flexibility index (Phi) is 9.71. The van der Waals surface area contributed by atoms with E-state index in [0.29, 0.717) is 13.0 Å². The molecule has 0 spiro atoms. The smallest absolute Gasteiger partial charge is 0.240 e. The van der Waals surface area contributed by atoms with Gasteiger partial charge in [0.05, 0.1) is 6.10 Å². The Balaban J connectivity index is 0.00000484. The average Bonchev–Trinajstić information content (AvgIpc) is 2.45. The van der Waals surface area contributed by atoms with Crippen LogP contribution in [-0.4, -0.2) is 30.7 Å². The zero-order valence-electron chi connectivity index (χ0n) is 15.6. The van der Waals surface area contributed by atoms with Gasteiger partial charge < -0.3 is 15.8 Å². The molecular formula is C18H37ClN2O2. The summed E-state index contributed by atoms with van der Waals surface area (Å²) in [6.07, 6.45) is 6.75. The Morgan fingerprint density at radius 1 is 1.26 bits per heavy atom. The number of halogens is 1. The normalized spacial score (nSPS) is 25.6. The molecule has 0 aromatic carbocycles. The molecular weight excluding hydrogens is 312 g/mol. The fourth-order valence-electron chi connectivity index (χ4n) is 3.21. The number of amides is 1. The molecule has 5 heteroatoms. The van der Waals surface area contributed by atoms with Crippen LogP contribution < -0.4 is 11.1 Å². The Morgan fingerprint density at radius 2 is 1.87 bits per heavy atom. The number of carbonyl (C=O) groups is 1. The predicted octanol–water partition coefficient (Wildman–Crippen LogP) is 3.66. The van der Waals surface area contributed by atoms with Crippen molar-refractivity contribution in [1.82, 2.24) is 5.32 Å². The molecule has 1 fully saturated rings. The van der Waals surface area contributed by atoms with E-state index in [1.165, 1.54) is 25.7 Å². The maximum Gasteiger partial charge on any atom is 0.240 e. The lowest BCUT2D eigenvalue weighted by molar-refractivity contribution is -0.170. The van der Waals surface area contributed by atoms with Crippen molar-refractivity contribution in [1.29, 1.82) is 0 Å². The molecule has 0 aromatic heterocycles. The van der Waals surface area contributed by atoms with E-state index in [1.807, 2.05) is 20.8 Å². The molecule has 0 aromatic rings. The fraction of sp³-hybridized carbons (Fsp3) is 0.944. The molecule has 0 heterocycles. The number of carbonyl (C=O) groups excluding carboxylic acids is 1. The Labute approximate surface area is 148 Å². The molecule has 138 valence electrons. The van der Waals surface area contributed by atoms with Crippen molar-refractivity contribution in [3.05, 3.63) is 0 Å². The zero-order chi connectivity index (χ0) is 16.8. The van der Waals surface area contributed by atoms with Crippen LogP contribution in [-0.2, 0) is 9.53 Å². The topological polar surface area (TPSA) is 64.3 Å². The molecule has 1 aliphatic carbocycles. The number of nitrogens with one attached hydrogen (secondary N) is 1. The van der Waals surface area contributed by atoms with Gasteiger partial charge in [-0.3, -0.25) is 4.79 Å². The highest BCUT2D eigenvalue weighted by atomic mass is 35.5. The third-order valence-corrected chi connectivity index (χ3v) is 5.23. The van der Waals surface area contributed by atoms with Crippen LogP contribution in [0.4, 0.5) is 0 Å². The third-order valence-electron chi connectivity index (χ3n) is 5.23. The second-order valence-electron chi connectivity index (χ2n) is 7.69. The van der Waals surface area contributed by atoms with Crippen LogP contribution >= 0.6 is 12.4 Å². The van der Waals surface area contributed by atoms with Crippen molar-refractivity contribution in [2.45, 2.75) is 84.8 Å². The summed E-state index contributed by atoms with van der Waals surface area (Å²) in [7, 11) is 0. The summed E-state index contributed by atoms with van der Waals surface area (Å²) in [5.41, 5.74) is 5.26. The minimum absolute atomic E-state index is 0. The van der Waals surface area contributed by atoms with E-state index in [1.54, 1.807) is 0 Å². The Hall–Kier alpha value is -0.320. The molecule has 1 rings (SSSR count). The molecule has 0 radical (unpaired) electrons. The lowest BCUT2D eigenvalue weighted by atomic mass is 9.54. The van der Waals surface area contributed by atoms with Crippen LogP contribution in [0.1, 0.15) is 73.1 Å². The lowest BCUT2D eigenvalue weighted by Gasteiger charge is -2.57. The quantitative estimate of drug-likeness (QED) is 0.592. The first-order valence-electron chi connectivity index (χ1n) is 8.94. The molecule has 2 unspecified atom stereocenters. The van der Waals surface area contributed by atoms with Gasteiger partial charge in [0.25, 0.3) is 0 Å². The van der Waals surface area contributed by atoms with Gasteiger partial charge in [0.15, 0.2) is 0 Å². The van der Waals surface area contributed by atoms with E-state index in [2.05, 4.69) is 19.2 Å². The van der Waals surface area contributed by atoms with Crippen molar-refractivity contribution in [3.8, 4) is 0 Å². The van der Waals surface area contributed by atoms with Gasteiger partial charge in [-0.25, -0.2) is 0 Å². The first-order valence-corrected chi connectivity index (χ1v) is 8.94. The lowest BCUT2D eigenvalue weighted by Crippen LogP contribution is -2.75. The highest BCUT2D eigenvalue weighted by Gasteiger charge is 2.62. The minimum atomic E-state index is -0.787. The van der Waals surface area contributed by atoms with Crippen LogP contribution in [0.15, 0.2) is 0 Å². The number of ether oxygens (including phenoxy) is 1. The molecule has 4 nitrogen and oxygen atoms in total. The summed E-state index contributed by atoms with van der Waals surface area (Å²) in [5.74, 6) is 0.770. The Morgan fingerprint density at radius 3 is 2.39 bits per heavy atom. The number of hydrogen-bond acceptors (Lipinski definition) is 3. The number of unbranched alkanes of at least 4 members (excludes halogenated alkanes) is 3. The second-order valence-corrected chi connectivity index (χ2v) is 7.69. The van der Waals surface area contributed by atoms with Crippen molar-refractivity contribution in [2.24, 2.45) is 17.1 Å². The fourth-order valence-corrected chi connectivity index (χ4v) is 3.21. The van der Waals surface area contributed by atoms with Crippen LogP contribution in [0.25, 0.3) is 0 Å². The highest BCUT2D eigenvalue weighted by Crippen LogP contribution is 2.49. The molecule has 0 aliphatic heterocycles. The standard InChI is InChI=1S/C18H36N2O2.ClH/c1-6-22-15-13-18(19,17(15,4)5)16(21)20-12-10-8-7-9-11-14(2)3;/h14-15H,6-13,19H2,1-5H3,(H,20,21);1H. The summed E-state index contributed by atoms with van der Waals surface area (Å²) in [5, 5.41) is 3.02. The molecule has 0 bridgehead atoms. The van der Waals surface area contributed by atoms with E-state index in [0.717, 1.165) is 18.9 Å². The van der Waals surface area contributed by atoms with Gasteiger partial charge in [0.1, 0.15) is 5.54 Å². The molecule has 3 N–H and O–H groups in total. The average molecular weight is 349 g/mol. The predicted molar refractivity (Wildman–Crippen MR) is 98.9 cm³/mol. The molecule has 23 heavy (non-hydrogen) atoms. The first kappa shape index (κ1) is 22.7. The highest BCUT2D eigenvalue weighted by molar-refractivity contribution is 5.88. The summed E-state index contributed by atoms with van der Waals surface area (Å²) in [4.78, 5) is 12.4. The summed E-state index contributed by atoms with van der Waals surface area (Å²) in [6.45, 7) is 12.0. The van der Waals surface area contributed by atoms with E-state index in [9.17, 15) is 4.79 Å². The molecule has 1 amide bonds. The molecule has 0 saturated heterocycles. The summed E-state index contributed by atoms with van der Waals surface area (Å²) >= 11 is 0. The largest absolute Gasteiger partial charge is 0.378 e. The van der Waals surface area contributed by atoms with Gasteiger partial charge in [-0.1, -0.05) is 53.4 Å². The van der Waals surface area contributed by atoms with Crippen molar-refractivity contribution in [2.75, 3.05) is 13.2 Å². The van der Waals surface area contributed by atoms with E-state index >= 15 is 0 Å². The van der Waals surface area contributed by atoms with Crippen LogP contribution in [0.2, 0.25) is 0 Å². The third kappa shape index (κ3) is 5.61. The molecule has 1 saturated carbocycles. The number of hydrogen-bond donors (Lipinski definition) is 2. The van der Waals surface area contributed by atoms with Crippen molar-refractivity contribution < 1.29 is 9.53 Å². The van der Waals surface area contributed by atoms with Gasteiger partial charge in [0.2, 0.25) is 5.91 Å². The van der Waals surface area contributed by atoms with Crippen molar-refractivity contribution in [3.63, 3.8) is 0 Å². The van der Waals surface area contributed by atoms with Gasteiger partial charge in [0, 0.05) is 25.0 Å². The number of rotatable bonds is 10.